The van der Waals surface area contributed by atoms with Crippen LogP contribution in [0, 0.1) is 0 Å². The molecule has 0 saturated carbocycles. The highest BCUT2D eigenvalue weighted by Crippen LogP contribution is 2.20. The molecule has 3 rings (SSSR count). The van der Waals surface area contributed by atoms with Crippen molar-refractivity contribution in [3.63, 3.8) is 0 Å². The van der Waals surface area contributed by atoms with Crippen molar-refractivity contribution in [2.24, 2.45) is 0 Å². The SMILES string of the molecule is CCOc1ccc(-c2noc(CCC(=O)N(C)Cc3ccc(Br)cc3)n2)cc1. The molecule has 0 spiro atoms. The molecule has 6 nitrogen and oxygen atoms in total. The summed E-state index contributed by atoms with van der Waals surface area (Å²) in [5.74, 6) is 1.79. The maximum atomic E-state index is 12.4. The number of amides is 1. The zero-order valence-electron chi connectivity index (χ0n) is 15.9. The van der Waals surface area contributed by atoms with Gasteiger partial charge in [0.25, 0.3) is 0 Å². The molecule has 0 saturated heterocycles. The minimum atomic E-state index is 0.0312. The number of aryl methyl sites for hydroxylation is 1. The summed E-state index contributed by atoms with van der Waals surface area (Å²) < 4.78 is 11.7. The highest BCUT2D eigenvalue weighted by molar-refractivity contribution is 9.10. The first-order chi connectivity index (χ1) is 13.5. The Hall–Kier alpha value is -2.67. The summed E-state index contributed by atoms with van der Waals surface area (Å²) in [6.07, 6.45) is 0.728. The van der Waals surface area contributed by atoms with E-state index in [4.69, 9.17) is 9.26 Å². The standard InChI is InChI=1S/C21H22BrN3O3/c1-3-27-18-10-6-16(7-11-18)21-23-19(28-24-21)12-13-20(26)25(2)14-15-4-8-17(22)9-5-15/h4-11H,3,12-14H2,1-2H3. The average Bonchev–Trinajstić information content (AvgIpc) is 3.18. The summed E-state index contributed by atoms with van der Waals surface area (Å²) in [5, 5.41) is 4.00. The number of hydrogen-bond donors (Lipinski definition) is 0. The van der Waals surface area contributed by atoms with Gasteiger partial charge in [-0.05, 0) is 48.9 Å². The molecule has 28 heavy (non-hydrogen) atoms. The van der Waals surface area contributed by atoms with Crippen LogP contribution in [0.15, 0.2) is 57.5 Å². The fourth-order valence-electron chi connectivity index (χ4n) is 2.70. The average molecular weight is 444 g/mol. The Bertz CT molecular complexity index is 907. The second-order valence-electron chi connectivity index (χ2n) is 6.35. The van der Waals surface area contributed by atoms with Crippen molar-refractivity contribution in [2.45, 2.75) is 26.3 Å². The second kappa shape index (κ2) is 9.50. The minimum Gasteiger partial charge on any atom is -0.494 e. The fraction of sp³-hybridized carbons (Fsp3) is 0.286. The summed E-state index contributed by atoms with van der Waals surface area (Å²) in [5.41, 5.74) is 1.92. The van der Waals surface area contributed by atoms with Crippen molar-refractivity contribution >= 4 is 21.8 Å². The topological polar surface area (TPSA) is 68.5 Å². The van der Waals surface area contributed by atoms with Crippen LogP contribution in [0.4, 0.5) is 0 Å². The predicted molar refractivity (Wildman–Crippen MR) is 110 cm³/mol. The molecule has 0 radical (unpaired) electrons. The third-order valence-corrected chi connectivity index (χ3v) is 4.73. The van der Waals surface area contributed by atoms with Gasteiger partial charge in [0.05, 0.1) is 6.61 Å². The summed E-state index contributed by atoms with van der Waals surface area (Å²) in [4.78, 5) is 18.5. The number of nitrogens with zero attached hydrogens (tertiary/aromatic N) is 3. The number of hydrogen-bond acceptors (Lipinski definition) is 5. The van der Waals surface area contributed by atoms with E-state index in [-0.39, 0.29) is 5.91 Å². The minimum absolute atomic E-state index is 0.0312. The first-order valence-electron chi connectivity index (χ1n) is 9.09. The molecule has 3 aromatic rings. The fourth-order valence-corrected chi connectivity index (χ4v) is 2.96. The van der Waals surface area contributed by atoms with Gasteiger partial charge < -0.3 is 14.2 Å². The largest absolute Gasteiger partial charge is 0.494 e. The zero-order chi connectivity index (χ0) is 19.9. The third-order valence-electron chi connectivity index (χ3n) is 4.20. The molecule has 0 aliphatic rings. The smallest absolute Gasteiger partial charge is 0.227 e. The van der Waals surface area contributed by atoms with Crippen LogP contribution in [0.2, 0.25) is 0 Å². The van der Waals surface area contributed by atoms with Gasteiger partial charge in [0.1, 0.15) is 5.75 Å². The highest BCUT2D eigenvalue weighted by atomic mass is 79.9. The molecule has 0 aliphatic carbocycles. The van der Waals surface area contributed by atoms with E-state index in [0.717, 1.165) is 21.3 Å². The molecule has 2 aromatic carbocycles. The van der Waals surface area contributed by atoms with Gasteiger partial charge in [0.15, 0.2) is 0 Å². The molecule has 0 unspecified atom stereocenters. The molecule has 1 heterocycles. The Morgan fingerprint density at radius 3 is 2.54 bits per heavy atom. The predicted octanol–water partition coefficient (Wildman–Crippen LogP) is 4.49. The van der Waals surface area contributed by atoms with Gasteiger partial charge in [-0.1, -0.05) is 33.2 Å². The third kappa shape index (κ3) is 5.42. The quantitative estimate of drug-likeness (QED) is 0.512. The van der Waals surface area contributed by atoms with Crippen molar-refractivity contribution in [3.8, 4) is 17.1 Å². The van der Waals surface area contributed by atoms with E-state index in [2.05, 4.69) is 26.1 Å². The van der Waals surface area contributed by atoms with E-state index in [1.54, 1.807) is 11.9 Å². The Morgan fingerprint density at radius 2 is 1.86 bits per heavy atom. The summed E-state index contributed by atoms with van der Waals surface area (Å²) in [7, 11) is 1.80. The van der Waals surface area contributed by atoms with Gasteiger partial charge in [-0.2, -0.15) is 4.98 Å². The van der Waals surface area contributed by atoms with Gasteiger partial charge in [-0.15, -0.1) is 0 Å². The van der Waals surface area contributed by atoms with Crippen LogP contribution in [0.5, 0.6) is 5.75 Å². The van der Waals surface area contributed by atoms with Crippen LogP contribution in [0.25, 0.3) is 11.4 Å². The normalized spacial score (nSPS) is 10.7. The Kier molecular flexibility index (Phi) is 6.81. The van der Waals surface area contributed by atoms with Crippen molar-refractivity contribution in [1.82, 2.24) is 15.0 Å². The number of ether oxygens (including phenoxy) is 1. The highest BCUT2D eigenvalue weighted by Gasteiger charge is 2.14. The van der Waals surface area contributed by atoms with E-state index in [1.807, 2.05) is 55.5 Å². The first-order valence-corrected chi connectivity index (χ1v) is 9.88. The number of carbonyl (C=O) groups excluding carboxylic acids is 1. The Morgan fingerprint density at radius 1 is 1.14 bits per heavy atom. The zero-order valence-corrected chi connectivity index (χ0v) is 17.5. The molecular formula is C21H22BrN3O3. The van der Waals surface area contributed by atoms with Gasteiger partial charge in [0.2, 0.25) is 17.6 Å². The van der Waals surface area contributed by atoms with Crippen molar-refractivity contribution < 1.29 is 14.1 Å². The molecule has 0 N–H and O–H groups in total. The van der Waals surface area contributed by atoms with Crippen LogP contribution in [-0.4, -0.2) is 34.6 Å². The van der Waals surface area contributed by atoms with Crippen LogP contribution in [-0.2, 0) is 17.8 Å². The number of aromatic nitrogens is 2. The number of benzene rings is 2. The lowest BCUT2D eigenvalue weighted by Gasteiger charge is -2.16. The van der Waals surface area contributed by atoms with Gasteiger partial charge in [-0.3, -0.25) is 4.79 Å². The molecule has 0 atom stereocenters. The molecule has 0 aliphatic heterocycles. The van der Waals surface area contributed by atoms with E-state index in [9.17, 15) is 4.79 Å². The van der Waals surface area contributed by atoms with Gasteiger partial charge >= 0.3 is 0 Å². The van der Waals surface area contributed by atoms with Gasteiger partial charge in [0, 0.05) is 36.5 Å². The van der Waals surface area contributed by atoms with E-state index in [0.29, 0.717) is 37.7 Å². The molecule has 146 valence electrons. The summed E-state index contributed by atoms with van der Waals surface area (Å²) in [6.45, 7) is 3.13. The van der Waals surface area contributed by atoms with E-state index in [1.165, 1.54) is 0 Å². The maximum absolute atomic E-state index is 12.4. The lowest BCUT2D eigenvalue weighted by Crippen LogP contribution is -2.26. The first kappa shape index (κ1) is 20.1. The monoisotopic (exact) mass is 443 g/mol. The molecule has 1 amide bonds. The number of rotatable bonds is 8. The van der Waals surface area contributed by atoms with Crippen molar-refractivity contribution in [3.05, 3.63) is 64.5 Å². The lowest BCUT2D eigenvalue weighted by atomic mass is 10.2. The Labute approximate surface area is 172 Å². The van der Waals surface area contributed by atoms with Crippen molar-refractivity contribution in [2.75, 3.05) is 13.7 Å². The van der Waals surface area contributed by atoms with Crippen LogP contribution in [0.1, 0.15) is 24.8 Å². The molecule has 0 fully saturated rings. The molecule has 0 bridgehead atoms. The lowest BCUT2D eigenvalue weighted by molar-refractivity contribution is -0.130. The molecule has 1 aromatic heterocycles. The van der Waals surface area contributed by atoms with E-state index >= 15 is 0 Å². The van der Waals surface area contributed by atoms with Crippen molar-refractivity contribution in [1.29, 1.82) is 0 Å². The number of carbonyl (C=O) groups is 1. The number of halogens is 1. The van der Waals surface area contributed by atoms with Gasteiger partial charge in [-0.25, -0.2) is 0 Å². The maximum Gasteiger partial charge on any atom is 0.227 e. The van der Waals surface area contributed by atoms with Crippen LogP contribution in [0.3, 0.4) is 0 Å². The second-order valence-corrected chi connectivity index (χ2v) is 7.26. The molecular weight excluding hydrogens is 422 g/mol. The summed E-state index contributed by atoms with van der Waals surface area (Å²) >= 11 is 3.41. The van der Waals surface area contributed by atoms with Crippen LogP contribution < -0.4 is 4.74 Å². The van der Waals surface area contributed by atoms with Crippen LogP contribution >= 0.6 is 15.9 Å². The Balaban J connectivity index is 1.53. The molecule has 7 heteroatoms. The van der Waals surface area contributed by atoms with E-state index < -0.39 is 0 Å². The summed E-state index contributed by atoms with van der Waals surface area (Å²) in [6, 6.07) is 15.4.